The number of carbonyl (C=O) groups is 2. The molecule has 6 heteroatoms. The standard InChI is InChI=1S/C24H39NO5/c1-2-3-4-5-6-7-8-9-10-11-18-30-23(27)16-17-25-22(24(28)29)19-20-12-14-21(26)15-13-20/h12-15,22,25-26H,2-11,16-19H2,1H3,(H,28,29). The first kappa shape index (κ1) is 26.0. The molecule has 0 saturated carbocycles. The summed E-state index contributed by atoms with van der Waals surface area (Å²) in [5, 5.41) is 21.5. The van der Waals surface area contributed by atoms with Crippen LogP contribution in [0.25, 0.3) is 0 Å². The third-order valence-corrected chi connectivity index (χ3v) is 5.16. The van der Waals surface area contributed by atoms with Crippen molar-refractivity contribution in [3.05, 3.63) is 29.8 Å². The Labute approximate surface area is 181 Å². The Morgan fingerprint density at radius 2 is 1.50 bits per heavy atom. The lowest BCUT2D eigenvalue weighted by atomic mass is 10.1. The number of esters is 1. The van der Waals surface area contributed by atoms with Crippen LogP contribution in [-0.2, 0) is 20.7 Å². The number of phenolic OH excluding ortho intramolecular Hbond substituents is 1. The Hall–Kier alpha value is -2.08. The second-order valence-corrected chi connectivity index (χ2v) is 7.87. The minimum absolute atomic E-state index is 0.142. The van der Waals surface area contributed by atoms with E-state index in [0.717, 1.165) is 18.4 Å². The summed E-state index contributed by atoms with van der Waals surface area (Å²) < 4.78 is 5.23. The Balaban J connectivity index is 2.04. The van der Waals surface area contributed by atoms with Crippen LogP contribution in [0.15, 0.2) is 24.3 Å². The predicted molar refractivity (Wildman–Crippen MR) is 119 cm³/mol. The molecule has 0 fully saturated rings. The zero-order chi connectivity index (χ0) is 22.0. The van der Waals surface area contributed by atoms with Crippen molar-refractivity contribution in [3.8, 4) is 5.75 Å². The fraction of sp³-hybridized carbons (Fsp3) is 0.667. The average molecular weight is 422 g/mol. The molecule has 1 unspecified atom stereocenters. The average Bonchev–Trinajstić information content (AvgIpc) is 2.72. The van der Waals surface area contributed by atoms with Gasteiger partial charge in [-0.25, -0.2) is 0 Å². The molecule has 1 rings (SSSR count). The second-order valence-electron chi connectivity index (χ2n) is 7.87. The first-order chi connectivity index (χ1) is 14.5. The summed E-state index contributed by atoms with van der Waals surface area (Å²) in [5.41, 5.74) is 0.802. The zero-order valence-electron chi connectivity index (χ0n) is 18.4. The van der Waals surface area contributed by atoms with Gasteiger partial charge >= 0.3 is 11.9 Å². The maximum Gasteiger partial charge on any atom is 0.321 e. The minimum atomic E-state index is -0.971. The van der Waals surface area contributed by atoms with E-state index in [9.17, 15) is 19.8 Å². The van der Waals surface area contributed by atoms with E-state index >= 15 is 0 Å². The van der Waals surface area contributed by atoms with Crippen molar-refractivity contribution in [2.45, 2.75) is 90.0 Å². The number of carboxylic acid groups (broad SMARTS) is 1. The molecule has 0 bridgehead atoms. The van der Waals surface area contributed by atoms with Gasteiger partial charge in [0.15, 0.2) is 0 Å². The van der Waals surface area contributed by atoms with Gasteiger partial charge in [-0.3, -0.25) is 9.59 Å². The molecule has 0 saturated heterocycles. The van der Waals surface area contributed by atoms with Crippen LogP contribution in [0.1, 0.15) is 83.1 Å². The fourth-order valence-electron chi connectivity index (χ4n) is 3.31. The predicted octanol–water partition coefficient (Wildman–Crippen LogP) is 4.83. The zero-order valence-corrected chi connectivity index (χ0v) is 18.4. The van der Waals surface area contributed by atoms with E-state index in [1.165, 1.54) is 63.5 Å². The molecule has 0 aliphatic rings. The lowest BCUT2D eigenvalue weighted by Gasteiger charge is -2.14. The van der Waals surface area contributed by atoms with Gasteiger partial charge in [0.05, 0.1) is 13.0 Å². The maximum absolute atomic E-state index is 11.8. The molecule has 170 valence electrons. The van der Waals surface area contributed by atoms with Gasteiger partial charge in [-0.1, -0.05) is 76.8 Å². The first-order valence-electron chi connectivity index (χ1n) is 11.4. The quantitative estimate of drug-likeness (QED) is 0.232. The van der Waals surface area contributed by atoms with Crippen LogP contribution in [0.5, 0.6) is 5.75 Å². The number of benzene rings is 1. The van der Waals surface area contributed by atoms with Gasteiger partial charge in [0.25, 0.3) is 0 Å². The monoisotopic (exact) mass is 421 g/mol. The molecule has 0 aliphatic heterocycles. The van der Waals surface area contributed by atoms with Crippen LogP contribution >= 0.6 is 0 Å². The number of hydrogen-bond acceptors (Lipinski definition) is 5. The lowest BCUT2D eigenvalue weighted by Crippen LogP contribution is -2.39. The maximum atomic E-state index is 11.8. The summed E-state index contributed by atoms with van der Waals surface area (Å²) >= 11 is 0. The largest absolute Gasteiger partial charge is 0.508 e. The van der Waals surface area contributed by atoms with Crippen LogP contribution < -0.4 is 5.32 Å². The van der Waals surface area contributed by atoms with E-state index in [1.807, 2.05) is 0 Å². The van der Waals surface area contributed by atoms with Crippen molar-refractivity contribution in [1.82, 2.24) is 5.32 Å². The Morgan fingerprint density at radius 1 is 0.933 bits per heavy atom. The highest BCUT2D eigenvalue weighted by Gasteiger charge is 2.17. The molecule has 1 aromatic rings. The fourth-order valence-corrected chi connectivity index (χ4v) is 3.31. The molecule has 0 amide bonds. The summed E-state index contributed by atoms with van der Waals surface area (Å²) in [6.07, 6.45) is 12.8. The van der Waals surface area contributed by atoms with Crippen LogP contribution in [0.4, 0.5) is 0 Å². The molecule has 30 heavy (non-hydrogen) atoms. The first-order valence-corrected chi connectivity index (χ1v) is 11.4. The van der Waals surface area contributed by atoms with E-state index in [2.05, 4.69) is 12.2 Å². The number of hydrogen-bond donors (Lipinski definition) is 3. The number of aromatic hydroxyl groups is 1. The van der Waals surface area contributed by atoms with E-state index < -0.39 is 12.0 Å². The van der Waals surface area contributed by atoms with Gasteiger partial charge in [0, 0.05) is 6.54 Å². The van der Waals surface area contributed by atoms with Crippen molar-refractivity contribution in [1.29, 1.82) is 0 Å². The molecular formula is C24H39NO5. The van der Waals surface area contributed by atoms with Crippen molar-refractivity contribution in [2.75, 3.05) is 13.2 Å². The van der Waals surface area contributed by atoms with Gasteiger partial charge in [-0.15, -0.1) is 0 Å². The highest BCUT2D eigenvalue weighted by Crippen LogP contribution is 2.12. The summed E-state index contributed by atoms with van der Waals surface area (Å²) in [6.45, 7) is 2.92. The number of aliphatic carboxylic acids is 1. The smallest absolute Gasteiger partial charge is 0.321 e. The summed E-state index contributed by atoms with van der Waals surface area (Å²) in [5.74, 6) is -1.13. The molecule has 0 aromatic heterocycles. The van der Waals surface area contributed by atoms with Gasteiger partial charge in [-0.2, -0.15) is 0 Å². The van der Waals surface area contributed by atoms with Crippen LogP contribution in [-0.4, -0.2) is 41.3 Å². The van der Waals surface area contributed by atoms with E-state index in [4.69, 9.17) is 4.74 Å². The number of phenols is 1. The van der Waals surface area contributed by atoms with Gasteiger partial charge in [-0.05, 0) is 30.5 Å². The lowest BCUT2D eigenvalue weighted by molar-refractivity contribution is -0.144. The molecule has 0 spiro atoms. The second kappa shape index (κ2) is 16.7. The number of unbranched alkanes of at least 4 members (excludes halogenated alkanes) is 9. The van der Waals surface area contributed by atoms with E-state index in [-0.39, 0.29) is 31.1 Å². The number of rotatable bonds is 18. The summed E-state index contributed by atoms with van der Waals surface area (Å²) in [6, 6.07) is 5.64. The Bertz CT molecular complexity index is 588. The van der Waals surface area contributed by atoms with Crippen molar-refractivity contribution < 1.29 is 24.5 Å². The van der Waals surface area contributed by atoms with Crippen LogP contribution in [0, 0.1) is 0 Å². The topological polar surface area (TPSA) is 95.9 Å². The van der Waals surface area contributed by atoms with Gasteiger partial charge in [0.1, 0.15) is 11.8 Å². The Kier molecular flexibility index (Phi) is 14.4. The normalized spacial score (nSPS) is 11.9. The van der Waals surface area contributed by atoms with Crippen LogP contribution in [0.2, 0.25) is 0 Å². The van der Waals surface area contributed by atoms with E-state index in [1.54, 1.807) is 12.1 Å². The highest BCUT2D eigenvalue weighted by atomic mass is 16.5. The molecule has 0 radical (unpaired) electrons. The highest BCUT2D eigenvalue weighted by molar-refractivity contribution is 5.74. The van der Waals surface area contributed by atoms with Gasteiger partial charge in [0.2, 0.25) is 0 Å². The molecular weight excluding hydrogens is 382 g/mol. The van der Waals surface area contributed by atoms with Crippen molar-refractivity contribution in [2.24, 2.45) is 0 Å². The number of carbonyl (C=O) groups excluding carboxylic acids is 1. The molecule has 1 aromatic carbocycles. The molecule has 0 heterocycles. The van der Waals surface area contributed by atoms with Crippen molar-refractivity contribution in [3.63, 3.8) is 0 Å². The number of carboxylic acids is 1. The summed E-state index contributed by atoms with van der Waals surface area (Å²) in [7, 11) is 0. The third-order valence-electron chi connectivity index (χ3n) is 5.16. The van der Waals surface area contributed by atoms with Crippen molar-refractivity contribution >= 4 is 11.9 Å². The minimum Gasteiger partial charge on any atom is -0.508 e. The van der Waals surface area contributed by atoms with Crippen LogP contribution in [0.3, 0.4) is 0 Å². The third kappa shape index (κ3) is 13.2. The van der Waals surface area contributed by atoms with Gasteiger partial charge < -0.3 is 20.3 Å². The summed E-state index contributed by atoms with van der Waals surface area (Å²) in [4.78, 5) is 23.2. The van der Waals surface area contributed by atoms with E-state index in [0.29, 0.717) is 6.61 Å². The Morgan fingerprint density at radius 3 is 2.07 bits per heavy atom. The molecule has 3 N–H and O–H groups in total. The molecule has 0 aliphatic carbocycles. The molecule has 1 atom stereocenters. The SMILES string of the molecule is CCCCCCCCCCCCOC(=O)CCNC(Cc1ccc(O)cc1)C(=O)O. The number of ether oxygens (including phenoxy) is 1. The number of nitrogens with one attached hydrogen (secondary N) is 1. The molecule has 6 nitrogen and oxygen atoms in total.